The van der Waals surface area contributed by atoms with E-state index in [4.69, 9.17) is 0 Å². The Labute approximate surface area is 146 Å². The SMILES string of the molecule is OCC(c1ccccc1)N1CCC2c3c(Br)cccc3CCC21. The first kappa shape index (κ1) is 15.4. The molecule has 1 fully saturated rings. The minimum atomic E-state index is 0.121. The predicted octanol–water partition coefficient (Wildman–Crippen LogP) is 4.29. The summed E-state index contributed by atoms with van der Waals surface area (Å²) in [4.78, 5) is 2.54. The predicted molar refractivity (Wildman–Crippen MR) is 96.6 cm³/mol. The normalized spacial score (nSPS) is 25.0. The Bertz CT molecular complexity index is 687. The molecule has 3 atom stereocenters. The molecule has 0 saturated carbocycles. The zero-order valence-corrected chi connectivity index (χ0v) is 14.7. The Morgan fingerprint density at radius 1 is 1.09 bits per heavy atom. The fourth-order valence-electron chi connectivity index (χ4n) is 4.56. The van der Waals surface area contributed by atoms with E-state index in [0.717, 1.165) is 13.0 Å². The molecule has 4 rings (SSSR count). The highest BCUT2D eigenvalue weighted by Gasteiger charge is 2.42. The number of halogens is 1. The number of likely N-dealkylation sites (tertiary alicyclic amines) is 1. The van der Waals surface area contributed by atoms with Gasteiger partial charge < -0.3 is 5.11 Å². The molecule has 0 bridgehead atoms. The van der Waals surface area contributed by atoms with Gasteiger partial charge in [0, 0.05) is 16.4 Å². The Balaban J connectivity index is 1.66. The average Bonchev–Trinajstić information content (AvgIpc) is 3.01. The van der Waals surface area contributed by atoms with Gasteiger partial charge in [-0.05, 0) is 48.6 Å². The zero-order valence-electron chi connectivity index (χ0n) is 13.2. The number of hydrogen-bond donors (Lipinski definition) is 1. The molecule has 2 aromatic carbocycles. The summed E-state index contributed by atoms with van der Waals surface area (Å²) in [6, 6.07) is 17.7. The van der Waals surface area contributed by atoms with Gasteiger partial charge in [0.2, 0.25) is 0 Å². The summed E-state index contributed by atoms with van der Waals surface area (Å²) in [6.07, 6.45) is 3.51. The molecule has 1 aliphatic carbocycles. The van der Waals surface area contributed by atoms with E-state index in [2.05, 4.69) is 63.3 Å². The average molecular weight is 372 g/mol. The van der Waals surface area contributed by atoms with Gasteiger partial charge in [0.05, 0.1) is 12.6 Å². The molecule has 2 nitrogen and oxygen atoms in total. The van der Waals surface area contributed by atoms with Crippen LogP contribution >= 0.6 is 15.9 Å². The van der Waals surface area contributed by atoms with Crippen molar-refractivity contribution in [1.29, 1.82) is 0 Å². The maximum Gasteiger partial charge on any atom is 0.0628 e. The van der Waals surface area contributed by atoms with Crippen molar-refractivity contribution in [2.24, 2.45) is 0 Å². The number of aliphatic hydroxyl groups is 1. The van der Waals surface area contributed by atoms with Gasteiger partial charge >= 0.3 is 0 Å². The van der Waals surface area contributed by atoms with Crippen LogP contribution in [0.4, 0.5) is 0 Å². The maximum absolute atomic E-state index is 10.0. The van der Waals surface area contributed by atoms with E-state index in [9.17, 15) is 5.11 Å². The third-order valence-corrected chi connectivity index (χ3v) is 6.26. The van der Waals surface area contributed by atoms with Gasteiger partial charge in [-0.15, -0.1) is 0 Å². The highest BCUT2D eigenvalue weighted by molar-refractivity contribution is 9.10. The quantitative estimate of drug-likeness (QED) is 0.869. The Morgan fingerprint density at radius 3 is 2.70 bits per heavy atom. The van der Waals surface area contributed by atoms with Crippen LogP contribution in [0.2, 0.25) is 0 Å². The van der Waals surface area contributed by atoms with Gasteiger partial charge in [-0.25, -0.2) is 0 Å². The highest BCUT2D eigenvalue weighted by atomic mass is 79.9. The Hall–Kier alpha value is -1.16. The second kappa shape index (κ2) is 6.39. The number of rotatable bonds is 3. The van der Waals surface area contributed by atoms with E-state index < -0.39 is 0 Å². The van der Waals surface area contributed by atoms with Gasteiger partial charge in [0.1, 0.15) is 0 Å². The van der Waals surface area contributed by atoms with Crippen molar-refractivity contribution in [3.8, 4) is 0 Å². The number of hydrogen-bond acceptors (Lipinski definition) is 2. The molecule has 0 amide bonds. The topological polar surface area (TPSA) is 23.5 Å². The van der Waals surface area contributed by atoms with Crippen LogP contribution in [0, 0.1) is 0 Å². The molecule has 23 heavy (non-hydrogen) atoms. The van der Waals surface area contributed by atoms with Crippen LogP contribution in [0.15, 0.2) is 53.0 Å². The number of nitrogens with zero attached hydrogens (tertiary/aromatic N) is 1. The van der Waals surface area contributed by atoms with Crippen molar-refractivity contribution in [3.05, 3.63) is 69.7 Å². The van der Waals surface area contributed by atoms with Crippen LogP contribution in [0.25, 0.3) is 0 Å². The van der Waals surface area contributed by atoms with Crippen LogP contribution in [-0.2, 0) is 6.42 Å². The van der Waals surface area contributed by atoms with Crippen molar-refractivity contribution < 1.29 is 5.11 Å². The van der Waals surface area contributed by atoms with Gasteiger partial charge in [-0.3, -0.25) is 4.90 Å². The monoisotopic (exact) mass is 371 g/mol. The molecule has 3 unspecified atom stereocenters. The van der Waals surface area contributed by atoms with E-state index >= 15 is 0 Å². The van der Waals surface area contributed by atoms with Gasteiger partial charge in [0.25, 0.3) is 0 Å². The summed E-state index contributed by atoms with van der Waals surface area (Å²) in [6.45, 7) is 1.26. The van der Waals surface area contributed by atoms with Crippen LogP contribution in [0.3, 0.4) is 0 Å². The maximum atomic E-state index is 10.0. The lowest BCUT2D eigenvalue weighted by molar-refractivity contribution is 0.102. The first-order valence-electron chi connectivity index (χ1n) is 8.48. The van der Waals surface area contributed by atoms with Crippen LogP contribution in [0.5, 0.6) is 0 Å². The van der Waals surface area contributed by atoms with Gasteiger partial charge in [-0.2, -0.15) is 0 Å². The molecule has 1 heterocycles. The second-order valence-electron chi connectivity index (χ2n) is 6.66. The van der Waals surface area contributed by atoms with Crippen LogP contribution < -0.4 is 0 Å². The molecule has 1 N–H and O–H groups in total. The molecule has 0 spiro atoms. The Morgan fingerprint density at radius 2 is 1.91 bits per heavy atom. The lowest BCUT2D eigenvalue weighted by Crippen LogP contribution is -2.39. The molecular formula is C20H22BrNO. The van der Waals surface area contributed by atoms with E-state index in [-0.39, 0.29) is 12.6 Å². The van der Waals surface area contributed by atoms with Crippen molar-refractivity contribution >= 4 is 15.9 Å². The minimum Gasteiger partial charge on any atom is -0.394 e. The number of aliphatic hydroxyl groups excluding tert-OH is 1. The third-order valence-electron chi connectivity index (χ3n) is 5.57. The minimum absolute atomic E-state index is 0.121. The molecule has 3 heteroatoms. The summed E-state index contributed by atoms with van der Waals surface area (Å²) in [7, 11) is 0. The summed E-state index contributed by atoms with van der Waals surface area (Å²) < 4.78 is 1.26. The van der Waals surface area contributed by atoms with Crippen molar-refractivity contribution in [2.75, 3.05) is 13.2 Å². The summed E-state index contributed by atoms with van der Waals surface area (Å²) in [5.74, 6) is 0.590. The number of aryl methyl sites for hydroxylation is 1. The molecular weight excluding hydrogens is 350 g/mol. The van der Waals surface area contributed by atoms with Crippen LogP contribution in [-0.4, -0.2) is 29.2 Å². The number of fused-ring (bicyclic) bond motifs is 3. The fraction of sp³-hybridized carbons (Fsp3) is 0.400. The fourth-order valence-corrected chi connectivity index (χ4v) is 5.26. The standard InChI is InChI=1S/C20H22BrNO/c21-17-8-4-7-15-9-10-18-16(20(15)17)11-12-22(18)19(13-23)14-5-2-1-3-6-14/h1-8,16,18-19,23H,9-13H2. The van der Waals surface area contributed by atoms with Crippen molar-refractivity contribution in [2.45, 2.75) is 37.3 Å². The van der Waals surface area contributed by atoms with Crippen molar-refractivity contribution in [3.63, 3.8) is 0 Å². The smallest absolute Gasteiger partial charge is 0.0628 e. The Kier molecular flexibility index (Phi) is 4.27. The molecule has 2 aromatic rings. The van der Waals surface area contributed by atoms with Gasteiger partial charge in [0.15, 0.2) is 0 Å². The lowest BCUT2D eigenvalue weighted by Gasteiger charge is -2.37. The largest absolute Gasteiger partial charge is 0.394 e. The molecule has 0 aromatic heterocycles. The van der Waals surface area contributed by atoms with Crippen LogP contribution in [0.1, 0.15) is 41.5 Å². The first-order valence-corrected chi connectivity index (χ1v) is 9.27. The zero-order chi connectivity index (χ0) is 15.8. The van der Waals surface area contributed by atoms with Crippen molar-refractivity contribution in [1.82, 2.24) is 4.90 Å². The molecule has 1 aliphatic heterocycles. The van der Waals surface area contributed by atoms with E-state index in [0.29, 0.717) is 12.0 Å². The molecule has 2 aliphatic rings. The van der Waals surface area contributed by atoms with E-state index in [1.54, 1.807) is 0 Å². The van der Waals surface area contributed by atoms with Gasteiger partial charge in [-0.1, -0.05) is 58.4 Å². The summed E-state index contributed by atoms with van der Waals surface area (Å²) >= 11 is 3.77. The molecule has 1 saturated heterocycles. The van der Waals surface area contributed by atoms with E-state index in [1.807, 2.05) is 6.07 Å². The first-order chi connectivity index (χ1) is 11.3. The van der Waals surface area contributed by atoms with E-state index in [1.165, 1.54) is 34.0 Å². The highest BCUT2D eigenvalue weighted by Crippen LogP contribution is 2.46. The lowest BCUT2D eigenvalue weighted by atomic mass is 9.79. The molecule has 0 radical (unpaired) electrons. The molecule has 120 valence electrons. The summed E-state index contributed by atoms with van der Waals surface area (Å²) in [5, 5.41) is 10.0. The second-order valence-corrected chi connectivity index (χ2v) is 7.52. The third kappa shape index (κ3) is 2.65. The summed E-state index contributed by atoms with van der Waals surface area (Å²) in [5.41, 5.74) is 4.24. The number of benzene rings is 2.